The number of alkyl carbamates (subject to hydrolysis) is 1. The molecule has 0 rings (SSSR count). The van der Waals surface area contributed by atoms with Crippen LogP contribution >= 0.6 is 0 Å². The summed E-state index contributed by atoms with van der Waals surface area (Å²) in [4.78, 5) is 23.1. The maximum absolute atomic E-state index is 11.6. The van der Waals surface area contributed by atoms with E-state index in [9.17, 15) is 9.59 Å². The molecule has 5 heteroatoms. The zero-order valence-electron chi connectivity index (χ0n) is 12.1. The van der Waals surface area contributed by atoms with E-state index < -0.39 is 30.1 Å². The van der Waals surface area contributed by atoms with Gasteiger partial charge in [-0.1, -0.05) is 19.3 Å². The molecule has 0 aliphatic rings. The molecule has 0 aliphatic carbocycles. The quantitative estimate of drug-likeness (QED) is 0.452. The maximum Gasteiger partial charge on any atom is 0.408 e. The molecular weight excluding hydrogens is 246 g/mol. The van der Waals surface area contributed by atoms with Crippen LogP contribution in [-0.4, -0.2) is 35.2 Å². The van der Waals surface area contributed by atoms with E-state index in [0.29, 0.717) is 6.42 Å². The van der Waals surface area contributed by atoms with Gasteiger partial charge in [0.25, 0.3) is 0 Å². The fraction of sp³-hybridized carbons (Fsp3) is 0.714. The van der Waals surface area contributed by atoms with E-state index >= 15 is 0 Å². The highest BCUT2D eigenvalue weighted by Crippen LogP contribution is 2.06. The van der Waals surface area contributed by atoms with Crippen LogP contribution in [0.2, 0.25) is 0 Å². The van der Waals surface area contributed by atoms with Crippen LogP contribution in [0.15, 0.2) is 0 Å². The Kier molecular flexibility index (Phi) is 7.85. The van der Waals surface area contributed by atoms with Gasteiger partial charge in [0.1, 0.15) is 11.6 Å². The third-order valence-corrected chi connectivity index (χ3v) is 2.06. The van der Waals surface area contributed by atoms with Crippen molar-refractivity contribution in [1.29, 1.82) is 0 Å². The van der Waals surface area contributed by atoms with Crippen LogP contribution in [0.1, 0.15) is 47.0 Å². The molecule has 0 aromatic rings. The highest BCUT2D eigenvalue weighted by molar-refractivity contribution is 6.01. The van der Waals surface area contributed by atoms with Crippen LogP contribution in [0.3, 0.4) is 0 Å². The van der Waals surface area contributed by atoms with Crippen LogP contribution in [0.4, 0.5) is 4.79 Å². The summed E-state index contributed by atoms with van der Waals surface area (Å²) >= 11 is 0. The van der Waals surface area contributed by atoms with Gasteiger partial charge in [-0.05, 0) is 33.1 Å². The predicted octanol–water partition coefficient (Wildman–Crippen LogP) is 1.63. The first-order valence-electron chi connectivity index (χ1n) is 6.43. The number of Topliss-reactive ketones (excluding diaryl/α,β-unsaturated/α-hetero) is 1. The van der Waals surface area contributed by atoms with E-state index in [1.54, 1.807) is 20.8 Å². The van der Waals surface area contributed by atoms with E-state index in [1.165, 1.54) is 0 Å². The van der Waals surface area contributed by atoms with Gasteiger partial charge in [0.2, 0.25) is 5.78 Å². The molecule has 0 bridgehead atoms. The highest BCUT2D eigenvalue weighted by atomic mass is 16.6. The number of ketones is 1. The number of hydrogen-bond acceptors (Lipinski definition) is 4. The Bertz CT molecular complexity index is 360. The molecule has 0 unspecified atom stereocenters. The van der Waals surface area contributed by atoms with Gasteiger partial charge in [0.05, 0.1) is 6.61 Å². The van der Waals surface area contributed by atoms with Crippen molar-refractivity contribution >= 4 is 11.9 Å². The summed E-state index contributed by atoms with van der Waals surface area (Å²) in [6.07, 6.45) is 1.81. The van der Waals surface area contributed by atoms with Crippen molar-refractivity contribution in [2.45, 2.75) is 58.6 Å². The number of amides is 1. The summed E-state index contributed by atoms with van der Waals surface area (Å²) in [5.41, 5.74) is -0.653. The summed E-state index contributed by atoms with van der Waals surface area (Å²) in [6, 6.07) is -1.04. The highest BCUT2D eigenvalue weighted by Gasteiger charge is 2.22. The second-order valence-corrected chi connectivity index (χ2v) is 5.15. The molecule has 0 aromatic heterocycles. The summed E-state index contributed by atoms with van der Waals surface area (Å²) in [7, 11) is 0. The molecular formula is C14H23NO4. The molecule has 1 amide bonds. The monoisotopic (exact) mass is 269 g/mol. The first-order valence-corrected chi connectivity index (χ1v) is 6.43. The van der Waals surface area contributed by atoms with Gasteiger partial charge < -0.3 is 15.2 Å². The van der Waals surface area contributed by atoms with Crippen molar-refractivity contribution in [3.05, 3.63) is 0 Å². The van der Waals surface area contributed by atoms with E-state index in [0.717, 1.165) is 12.8 Å². The van der Waals surface area contributed by atoms with Crippen molar-refractivity contribution in [1.82, 2.24) is 5.32 Å². The van der Waals surface area contributed by atoms with Crippen molar-refractivity contribution in [2.24, 2.45) is 0 Å². The Balaban J connectivity index is 4.36. The summed E-state index contributed by atoms with van der Waals surface area (Å²) in [5.74, 6) is 4.63. The molecule has 0 saturated carbocycles. The lowest BCUT2D eigenvalue weighted by atomic mass is 10.2. The molecule has 0 aliphatic heterocycles. The lowest BCUT2D eigenvalue weighted by Gasteiger charge is -2.21. The summed E-state index contributed by atoms with van der Waals surface area (Å²) < 4.78 is 5.00. The molecule has 0 radical (unpaired) electrons. The lowest BCUT2D eigenvalue weighted by molar-refractivity contribution is -0.116. The van der Waals surface area contributed by atoms with Crippen molar-refractivity contribution in [2.75, 3.05) is 6.61 Å². The first kappa shape index (κ1) is 17.5. The van der Waals surface area contributed by atoms with Crippen LogP contribution in [0, 0.1) is 11.8 Å². The molecule has 0 aromatic carbocycles. The number of nitrogens with one attached hydrogen (secondary N) is 1. The van der Waals surface area contributed by atoms with E-state index in [2.05, 4.69) is 17.2 Å². The minimum Gasteiger partial charge on any atom is -0.444 e. The molecule has 19 heavy (non-hydrogen) atoms. The zero-order valence-corrected chi connectivity index (χ0v) is 12.1. The number of carbonyl (C=O) groups excluding carboxylic acids is 2. The Morgan fingerprint density at radius 3 is 2.47 bits per heavy atom. The van der Waals surface area contributed by atoms with Gasteiger partial charge in [0, 0.05) is 6.42 Å². The number of hydrogen-bond donors (Lipinski definition) is 2. The van der Waals surface area contributed by atoms with E-state index in [1.807, 2.05) is 6.92 Å². The minimum atomic E-state index is -1.04. The van der Waals surface area contributed by atoms with Crippen LogP contribution in [-0.2, 0) is 9.53 Å². The Labute approximate surface area is 114 Å². The van der Waals surface area contributed by atoms with Gasteiger partial charge >= 0.3 is 6.09 Å². The van der Waals surface area contributed by atoms with Crippen LogP contribution in [0.25, 0.3) is 0 Å². The minimum absolute atomic E-state index is 0.499. The van der Waals surface area contributed by atoms with Gasteiger partial charge in [-0.2, -0.15) is 0 Å². The molecule has 0 fully saturated rings. The molecule has 108 valence electrons. The standard InChI is InChI=1S/C14H23NO4/c1-5-6-7-8-9-12(17)11(10-16)15-13(18)19-14(2,3)4/h11,16H,5-7,10H2,1-4H3,(H,15,18)/t11-/m0/s1. The molecule has 5 nitrogen and oxygen atoms in total. The Morgan fingerprint density at radius 2 is 2.00 bits per heavy atom. The number of aliphatic hydroxyl groups excluding tert-OH is 1. The van der Waals surface area contributed by atoms with Crippen LogP contribution in [0.5, 0.6) is 0 Å². The second kappa shape index (κ2) is 8.54. The Morgan fingerprint density at radius 1 is 1.37 bits per heavy atom. The average molecular weight is 269 g/mol. The molecule has 0 heterocycles. The average Bonchev–Trinajstić information content (AvgIpc) is 2.29. The summed E-state index contributed by atoms with van der Waals surface area (Å²) in [6.45, 7) is 6.68. The smallest absolute Gasteiger partial charge is 0.408 e. The maximum atomic E-state index is 11.6. The second-order valence-electron chi connectivity index (χ2n) is 5.15. The third-order valence-electron chi connectivity index (χ3n) is 2.06. The predicted molar refractivity (Wildman–Crippen MR) is 72.6 cm³/mol. The fourth-order valence-electron chi connectivity index (χ4n) is 1.15. The van der Waals surface area contributed by atoms with Gasteiger partial charge in [-0.15, -0.1) is 0 Å². The topological polar surface area (TPSA) is 75.6 Å². The molecule has 2 N–H and O–H groups in total. The van der Waals surface area contributed by atoms with Gasteiger partial charge in [-0.25, -0.2) is 4.79 Å². The molecule has 0 spiro atoms. The number of carbonyl (C=O) groups is 2. The number of aliphatic hydroxyl groups is 1. The SMILES string of the molecule is CCCCC#CC(=O)[C@H](CO)NC(=O)OC(C)(C)C. The lowest BCUT2D eigenvalue weighted by Crippen LogP contribution is -2.45. The number of unbranched alkanes of at least 4 members (excludes halogenated alkanes) is 2. The number of ether oxygens (including phenoxy) is 1. The van der Waals surface area contributed by atoms with Crippen molar-refractivity contribution in [3.8, 4) is 11.8 Å². The van der Waals surface area contributed by atoms with E-state index in [-0.39, 0.29) is 0 Å². The normalized spacial score (nSPS) is 12.1. The molecule has 0 saturated heterocycles. The largest absolute Gasteiger partial charge is 0.444 e. The van der Waals surface area contributed by atoms with Gasteiger partial charge in [0.15, 0.2) is 0 Å². The fourth-order valence-corrected chi connectivity index (χ4v) is 1.15. The van der Waals surface area contributed by atoms with Gasteiger partial charge in [-0.3, -0.25) is 4.79 Å². The third kappa shape index (κ3) is 9.09. The molecule has 1 atom stereocenters. The summed E-state index contributed by atoms with van der Waals surface area (Å²) in [5, 5.41) is 11.4. The Hall–Kier alpha value is -1.54. The van der Waals surface area contributed by atoms with E-state index in [4.69, 9.17) is 9.84 Å². The van der Waals surface area contributed by atoms with Crippen molar-refractivity contribution in [3.63, 3.8) is 0 Å². The number of rotatable bonds is 5. The van der Waals surface area contributed by atoms with Crippen molar-refractivity contribution < 1.29 is 19.4 Å². The zero-order chi connectivity index (χ0) is 14.9. The first-order chi connectivity index (χ1) is 8.80. The van der Waals surface area contributed by atoms with Crippen LogP contribution < -0.4 is 5.32 Å².